The molecule has 0 aromatic carbocycles. The van der Waals surface area contributed by atoms with E-state index in [-0.39, 0.29) is 17.6 Å². The second-order valence-electron chi connectivity index (χ2n) is 6.75. The third kappa shape index (κ3) is 2.58. The van der Waals surface area contributed by atoms with Gasteiger partial charge in [-0.1, -0.05) is 12.5 Å². The highest BCUT2D eigenvalue weighted by Gasteiger charge is 2.51. The minimum absolute atomic E-state index is 0.129. The Morgan fingerprint density at radius 3 is 2.86 bits per heavy atom. The number of amides is 1. The van der Waals surface area contributed by atoms with E-state index in [2.05, 4.69) is 4.98 Å². The summed E-state index contributed by atoms with van der Waals surface area (Å²) in [5, 5.41) is 0. The van der Waals surface area contributed by atoms with Crippen molar-refractivity contribution in [2.75, 3.05) is 19.7 Å². The van der Waals surface area contributed by atoms with E-state index >= 15 is 0 Å². The van der Waals surface area contributed by atoms with Gasteiger partial charge in [-0.15, -0.1) is 0 Å². The number of carbonyl (C=O) groups excluding carboxylic acids is 1. The van der Waals surface area contributed by atoms with Crippen LogP contribution in [0.15, 0.2) is 24.4 Å². The Balaban J connectivity index is 1.33. The van der Waals surface area contributed by atoms with Gasteiger partial charge in [0.05, 0.1) is 19.7 Å². The highest BCUT2D eigenvalue weighted by molar-refractivity contribution is 5.80. The average Bonchev–Trinajstić information content (AvgIpc) is 2.44. The lowest BCUT2D eigenvalue weighted by molar-refractivity contribution is -0.197. The van der Waals surface area contributed by atoms with Crippen LogP contribution in [-0.4, -0.2) is 47.2 Å². The maximum atomic E-state index is 12.2. The van der Waals surface area contributed by atoms with E-state index in [4.69, 9.17) is 9.47 Å². The molecule has 2 aliphatic heterocycles. The van der Waals surface area contributed by atoms with Crippen LogP contribution >= 0.6 is 0 Å². The highest BCUT2D eigenvalue weighted by atomic mass is 16.5. The molecule has 2 saturated heterocycles. The van der Waals surface area contributed by atoms with Gasteiger partial charge in [0.1, 0.15) is 11.7 Å². The summed E-state index contributed by atoms with van der Waals surface area (Å²) in [7, 11) is 0. The zero-order chi connectivity index (χ0) is 15.0. The van der Waals surface area contributed by atoms with Crippen molar-refractivity contribution < 1.29 is 14.3 Å². The number of nitrogens with zero attached hydrogens (tertiary/aromatic N) is 2. The van der Waals surface area contributed by atoms with E-state index in [1.807, 2.05) is 23.1 Å². The van der Waals surface area contributed by atoms with E-state index < -0.39 is 0 Å². The summed E-state index contributed by atoms with van der Waals surface area (Å²) < 4.78 is 12.0. The van der Waals surface area contributed by atoms with E-state index in [0.717, 1.165) is 38.8 Å². The van der Waals surface area contributed by atoms with Crippen molar-refractivity contribution in [1.82, 2.24) is 9.88 Å². The van der Waals surface area contributed by atoms with Gasteiger partial charge in [0.25, 0.3) is 0 Å². The lowest BCUT2D eigenvalue weighted by Crippen LogP contribution is -2.68. The molecule has 3 fully saturated rings. The van der Waals surface area contributed by atoms with Crippen LogP contribution in [0.1, 0.15) is 32.1 Å². The topological polar surface area (TPSA) is 51.7 Å². The quantitative estimate of drug-likeness (QED) is 0.857. The molecule has 3 heterocycles. The standard InChI is InChI=1S/C17H22N2O3/c20-16(13-4-3-5-13)19-11-17(12-19)10-14(7-9-21-17)22-15-6-1-2-8-18-15/h1-2,6,8,13-14H,3-5,7,9-12H2. The number of hydrogen-bond donors (Lipinski definition) is 0. The number of carbonyl (C=O) groups is 1. The van der Waals surface area contributed by atoms with Gasteiger partial charge < -0.3 is 14.4 Å². The molecule has 0 radical (unpaired) electrons. The molecule has 5 nitrogen and oxygen atoms in total. The highest BCUT2D eigenvalue weighted by Crippen LogP contribution is 2.38. The van der Waals surface area contributed by atoms with Crippen molar-refractivity contribution in [2.24, 2.45) is 5.92 Å². The smallest absolute Gasteiger partial charge is 0.225 e. The van der Waals surface area contributed by atoms with Crippen molar-refractivity contribution >= 4 is 5.91 Å². The monoisotopic (exact) mass is 302 g/mol. The van der Waals surface area contributed by atoms with Gasteiger partial charge in [-0.25, -0.2) is 4.98 Å². The second-order valence-corrected chi connectivity index (χ2v) is 6.75. The van der Waals surface area contributed by atoms with Gasteiger partial charge in [-0.2, -0.15) is 0 Å². The molecular formula is C17H22N2O3. The fraction of sp³-hybridized carbons (Fsp3) is 0.647. The van der Waals surface area contributed by atoms with Gasteiger partial charge in [0.2, 0.25) is 11.8 Å². The largest absolute Gasteiger partial charge is 0.474 e. The zero-order valence-corrected chi connectivity index (χ0v) is 12.7. The van der Waals surface area contributed by atoms with Crippen molar-refractivity contribution in [3.05, 3.63) is 24.4 Å². The van der Waals surface area contributed by atoms with Gasteiger partial charge in [0, 0.05) is 31.0 Å². The summed E-state index contributed by atoms with van der Waals surface area (Å²) in [6.45, 7) is 2.15. The van der Waals surface area contributed by atoms with Crippen LogP contribution in [0.5, 0.6) is 5.88 Å². The first-order valence-corrected chi connectivity index (χ1v) is 8.25. The molecule has 1 saturated carbocycles. The van der Waals surface area contributed by atoms with E-state index in [1.54, 1.807) is 6.20 Å². The van der Waals surface area contributed by atoms with Crippen LogP contribution < -0.4 is 4.74 Å². The lowest BCUT2D eigenvalue weighted by Gasteiger charge is -2.54. The van der Waals surface area contributed by atoms with Crippen LogP contribution in [0.4, 0.5) is 0 Å². The van der Waals surface area contributed by atoms with E-state index in [0.29, 0.717) is 18.4 Å². The summed E-state index contributed by atoms with van der Waals surface area (Å²) in [5.41, 5.74) is -0.183. The summed E-state index contributed by atoms with van der Waals surface area (Å²) in [6.07, 6.45) is 6.93. The molecule has 22 heavy (non-hydrogen) atoms. The van der Waals surface area contributed by atoms with Gasteiger partial charge in [-0.05, 0) is 18.9 Å². The van der Waals surface area contributed by atoms with Gasteiger partial charge >= 0.3 is 0 Å². The lowest BCUT2D eigenvalue weighted by atomic mass is 9.80. The molecule has 5 heteroatoms. The fourth-order valence-corrected chi connectivity index (χ4v) is 3.61. The predicted molar refractivity (Wildman–Crippen MR) is 80.5 cm³/mol. The molecule has 1 aromatic rings. The summed E-state index contributed by atoms with van der Waals surface area (Å²) >= 11 is 0. The molecule has 3 aliphatic rings. The first kappa shape index (κ1) is 14.0. The molecule has 0 N–H and O–H groups in total. The molecule has 1 amide bonds. The summed E-state index contributed by atoms with van der Waals surface area (Å²) in [4.78, 5) is 18.4. The van der Waals surface area contributed by atoms with Crippen LogP contribution in [-0.2, 0) is 9.53 Å². The number of pyridine rings is 1. The number of ether oxygens (including phenoxy) is 2. The predicted octanol–water partition coefficient (Wildman–Crippen LogP) is 2.02. The Morgan fingerprint density at radius 1 is 1.32 bits per heavy atom. The minimum Gasteiger partial charge on any atom is -0.474 e. The Bertz CT molecular complexity index is 538. The van der Waals surface area contributed by atoms with Crippen molar-refractivity contribution in [2.45, 2.75) is 43.8 Å². The van der Waals surface area contributed by atoms with Crippen molar-refractivity contribution in [3.63, 3.8) is 0 Å². The Hall–Kier alpha value is -1.62. The SMILES string of the molecule is O=C(C1CCC1)N1CC2(CC(Oc3ccccn3)CCO2)C1. The summed E-state index contributed by atoms with van der Waals surface area (Å²) in [6, 6.07) is 5.70. The Kier molecular flexibility index (Phi) is 3.53. The first-order valence-electron chi connectivity index (χ1n) is 8.25. The van der Waals surface area contributed by atoms with Crippen LogP contribution in [0, 0.1) is 5.92 Å². The van der Waals surface area contributed by atoms with E-state index in [1.165, 1.54) is 6.42 Å². The molecule has 1 atom stereocenters. The zero-order valence-electron chi connectivity index (χ0n) is 12.7. The number of hydrogen-bond acceptors (Lipinski definition) is 4. The Labute approximate surface area is 130 Å². The molecular weight excluding hydrogens is 280 g/mol. The maximum absolute atomic E-state index is 12.2. The number of likely N-dealkylation sites (tertiary alicyclic amines) is 1. The molecule has 4 rings (SSSR count). The number of aromatic nitrogens is 1. The molecule has 1 aliphatic carbocycles. The van der Waals surface area contributed by atoms with Crippen LogP contribution in [0.3, 0.4) is 0 Å². The van der Waals surface area contributed by atoms with Gasteiger partial charge in [-0.3, -0.25) is 4.79 Å². The summed E-state index contributed by atoms with van der Waals surface area (Å²) in [5.74, 6) is 1.28. The normalized spacial score (nSPS) is 27.1. The van der Waals surface area contributed by atoms with Gasteiger partial charge in [0.15, 0.2) is 0 Å². The maximum Gasteiger partial charge on any atom is 0.225 e. The molecule has 1 aromatic heterocycles. The third-order valence-corrected chi connectivity index (χ3v) is 5.10. The van der Waals surface area contributed by atoms with Crippen LogP contribution in [0.2, 0.25) is 0 Å². The fourth-order valence-electron chi connectivity index (χ4n) is 3.61. The number of rotatable bonds is 3. The van der Waals surface area contributed by atoms with Crippen molar-refractivity contribution in [1.29, 1.82) is 0 Å². The third-order valence-electron chi connectivity index (χ3n) is 5.10. The molecule has 1 spiro atoms. The minimum atomic E-state index is -0.183. The first-order chi connectivity index (χ1) is 10.7. The van der Waals surface area contributed by atoms with Crippen LogP contribution in [0.25, 0.3) is 0 Å². The van der Waals surface area contributed by atoms with Crippen molar-refractivity contribution in [3.8, 4) is 5.88 Å². The molecule has 0 bridgehead atoms. The second kappa shape index (κ2) is 5.54. The Morgan fingerprint density at radius 2 is 2.18 bits per heavy atom. The molecule has 1 unspecified atom stereocenters. The molecule has 118 valence electrons. The average molecular weight is 302 g/mol. The van der Waals surface area contributed by atoms with E-state index in [9.17, 15) is 4.79 Å².